The van der Waals surface area contributed by atoms with Crippen LogP contribution in [0.5, 0.6) is 5.75 Å². The minimum absolute atomic E-state index is 0.0460. The number of aromatic amines is 1. The Morgan fingerprint density at radius 2 is 1.69 bits per heavy atom. The summed E-state index contributed by atoms with van der Waals surface area (Å²) < 4.78 is 29.0. The van der Waals surface area contributed by atoms with Gasteiger partial charge in [0.1, 0.15) is 11.6 Å². The lowest BCUT2D eigenvalue weighted by Gasteiger charge is -2.08. The number of aromatic nitrogens is 4. The molecule has 4 aromatic rings. The summed E-state index contributed by atoms with van der Waals surface area (Å²) in [6, 6.07) is 10.9. The molecule has 2 heterocycles. The highest BCUT2D eigenvalue weighted by atomic mass is 35.5. The molecular weight excluding hydrogens is 398 g/mol. The van der Waals surface area contributed by atoms with Gasteiger partial charge in [-0.1, -0.05) is 23.7 Å². The van der Waals surface area contributed by atoms with Crippen molar-refractivity contribution in [2.75, 3.05) is 0 Å². The number of rotatable bonds is 7. The van der Waals surface area contributed by atoms with Gasteiger partial charge in [-0.15, -0.1) is 0 Å². The molecule has 148 valence electrons. The molecule has 0 aliphatic rings. The first-order valence-corrected chi connectivity index (χ1v) is 9.39. The van der Waals surface area contributed by atoms with Crippen LogP contribution >= 0.6 is 11.6 Å². The summed E-state index contributed by atoms with van der Waals surface area (Å²) in [5.74, 6) is 0.586. The molecule has 1 N–H and O–H groups in total. The van der Waals surface area contributed by atoms with Crippen molar-refractivity contribution in [1.29, 1.82) is 0 Å². The lowest BCUT2D eigenvalue weighted by atomic mass is 10.1. The Kier molecular flexibility index (Phi) is 5.67. The fourth-order valence-corrected chi connectivity index (χ4v) is 3.31. The molecule has 0 unspecified atom stereocenters. The molecule has 2 aromatic heterocycles. The highest BCUT2D eigenvalue weighted by Gasteiger charge is 2.10. The van der Waals surface area contributed by atoms with Crippen molar-refractivity contribution >= 4 is 22.5 Å². The highest BCUT2D eigenvalue weighted by molar-refractivity contribution is 6.32. The fraction of sp³-hybridized carbons (Fsp3) is 0.190. The number of ether oxygens (including phenoxy) is 1. The van der Waals surface area contributed by atoms with Crippen molar-refractivity contribution in [2.24, 2.45) is 0 Å². The zero-order valence-electron chi connectivity index (χ0n) is 15.3. The summed E-state index contributed by atoms with van der Waals surface area (Å²) in [7, 11) is 0. The van der Waals surface area contributed by atoms with Gasteiger partial charge in [0.15, 0.2) is 0 Å². The van der Waals surface area contributed by atoms with Gasteiger partial charge >= 0.3 is 6.61 Å². The first-order chi connectivity index (χ1) is 14.1. The number of fused-ring (bicyclic) bond motifs is 1. The summed E-state index contributed by atoms with van der Waals surface area (Å²) >= 11 is 5.99. The molecule has 0 radical (unpaired) electrons. The average Bonchev–Trinajstić information content (AvgIpc) is 3.17. The zero-order chi connectivity index (χ0) is 20.2. The monoisotopic (exact) mass is 414 g/mol. The van der Waals surface area contributed by atoms with Crippen molar-refractivity contribution in [3.8, 4) is 5.75 Å². The van der Waals surface area contributed by atoms with E-state index >= 15 is 0 Å². The van der Waals surface area contributed by atoms with Crippen molar-refractivity contribution < 1.29 is 13.5 Å². The van der Waals surface area contributed by atoms with E-state index in [9.17, 15) is 8.78 Å². The van der Waals surface area contributed by atoms with E-state index in [0.29, 0.717) is 12.2 Å². The smallest absolute Gasteiger partial charge is 0.387 e. The van der Waals surface area contributed by atoms with Crippen LogP contribution in [0.15, 0.2) is 55.0 Å². The van der Waals surface area contributed by atoms with Crippen LogP contribution < -0.4 is 4.74 Å². The van der Waals surface area contributed by atoms with Gasteiger partial charge < -0.3 is 4.74 Å². The Bertz CT molecular complexity index is 1120. The standard InChI is InChI=1S/C21H17ClF2N4O/c22-17-8-14(4-6-19(17)29-21(23)24)9-20-25-10-15(11-26-20)2-1-13-3-5-18-16(7-13)12-27-28-18/h3-8,10-12,21H,1-2,9H2,(H,27,28). The van der Waals surface area contributed by atoms with E-state index < -0.39 is 6.61 Å². The Hall–Kier alpha value is -3.06. The molecule has 0 saturated carbocycles. The van der Waals surface area contributed by atoms with Crippen molar-refractivity contribution in [3.63, 3.8) is 0 Å². The van der Waals surface area contributed by atoms with Gasteiger partial charge in [0.2, 0.25) is 0 Å². The van der Waals surface area contributed by atoms with Crippen LogP contribution in [-0.4, -0.2) is 26.8 Å². The van der Waals surface area contributed by atoms with Crippen LogP contribution in [0.3, 0.4) is 0 Å². The summed E-state index contributed by atoms with van der Waals surface area (Å²) in [6.07, 6.45) is 7.60. The summed E-state index contributed by atoms with van der Waals surface area (Å²) in [6.45, 7) is -2.91. The number of halogens is 3. The largest absolute Gasteiger partial charge is 0.433 e. The number of H-pyrrole nitrogens is 1. The molecule has 0 spiro atoms. The number of hydrogen-bond acceptors (Lipinski definition) is 4. The van der Waals surface area contributed by atoms with E-state index in [1.807, 2.05) is 24.7 Å². The number of alkyl halides is 2. The number of nitrogens with one attached hydrogen (secondary N) is 1. The van der Waals surface area contributed by atoms with E-state index in [1.165, 1.54) is 11.6 Å². The molecule has 0 atom stereocenters. The van der Waals surface area contributed by atoms with E-state index in [-0.39, 0.29) is 10.8 Å². The maximum absolute atomic E-state index is 12.3. The quantitative estimate of drug-likeness (QED) is 0.463. The second-order valence-corrected chi connectivity index (χ2v) is 7.03. The first kappa shape index (κ1) is 19.3. The van der Waals surface area contributed by atoms with E-state index in [2.05, 4.69) is 37.0 Å². The number of hydrogen-bond donors (Lipinski definition) is 1. The van der Waals surface area contributed by atoms with Crippen LogP contribution in [0.2, 0.25) is 5.02 Å². The molecule has 4 rings (SSSR count). The van der Waals surface area contributed by atoms with Gasteiger partial charge in [0.05, 0.1) is 16.7 Å². The number of nitrogens with zero attached hydrogens (tertiary/aromatic N) is 3. The van der Waals surface area contributed by atoms with Gasteiger partial charge in [-0.05, 0) is 53.8 Å². The van der Waals surface area contributed by atoms with Crippen molar-refractivity contribution in [3.05, 3.63) is 82.5 Å². The third-order valence-corrected chi connectivity index (χ3v) is 4.84. The van der Waals surface area contributed by atoms with Gasteiger partial charge in [0, 0.05) is 24.2 Å². The molecule has 0 saturated heterocycles. The lowest BCUT2D eigenvalue weighted by Crippen LogP contribution is -2.03. The van der Waals surface area contributed by atoms with Gasteiger partial charge in [-0.25, -0.2) is 9.97 Å². The molecule has 0 aliphatic carbocycles. The van der Waals surface area contributed by atoms with Crippen molar-refractivity contribution in [1.82, 2.24) is 20.2 Å². The Morgan fingerprint density at radius 1 is 0.931 bits per heavy atom. The van der Waals surface area contributed by atoms with E-state index in [0.717, 1.165) is 34.9 Å². The molecule has 29 heavy (non-hydrogen) atoms. The fourth-order valence-electron chi connectivity index (χ4n) is 3.07. The summed E-state index contributed by atoms with van der Waals surface area (Å²) in [5, 5.41) is 8.21. The third-order valence-electron chi connectivity index (χ3n) is 4.54. The van der Waals surface area contributed by atoms with Crippen LogP contribution in [-0.2, 0) is 19.3 Å². The van der Waals surface area contributed by atoms with E-state index in [4.69, 9.17) is 11.6 Å². The molecule has 0 bridgehead atoms. The minimum atomic E-state index is -2.91. The number of benzene rings is 2. The summed E-state index contributed by atoms with van der Waals surface area (Å²) in [4.78, 5) is 8.82. The Balaban J connectivity index is 1.36. The van der Waals surface area contributed by atoms with Crippen molar-refractivity contribution in [2.45, 2.75) is 25.9 Å². The first-order valence-electron chi connectivity index (χ1n) is 9.02. The van der Waals surface area contributed by atoms with Crippen LogP contribution in [0, 0.1) is 0 Å². The van der Waals surface area contributed by atoms with E-state index in [1.54, 1.807) is 12.1 Å². The van der Waals surface area contributed by atoms with Crippen LogP contribution in [0.25, 0.3) is 10.9 Å². The topological polar surface area (TPSA) is 63.7 Å². The maximum atomic E-state index is 12.3. The molecule has 0 fully saturated rings. The molecule has 2 aromatic carbocycles. The Labute approximate surface area is 170 Å². The van der Waals surface area contributed by atoms with Gasteiger partial charge in [-0.2, -0.15) is 13.9 Å². The normalized spacial score (nSPS) is 11.3. The molecule has 8 heteroatoms. The maximum Gasteiger partial charge on any atom is 0.387 e. The molecule has 0 aliphatic heterocycles. The number of aryl methyl sites for hydroxylation is 2. The van der Waals surface area contributed by atoms with Crippen LogP contribution in [0.1, 0.15) is 22.5 Å². The lowest BCUT2D eigenvalue weighted by molar-refractivity contribution is -0.0497. The second-order valence-electron chi connectivity index (χ2n) is 6.62. The SMILES string of the molecule is FC(F)Oc1ccc(Cc2ncc(CCc3ccc4[nH]ncc4c3)cn2)cc1Cl. The molecule has 0 amide bonds. The average molecular weight is 415 g/mol. The zero-order valence-corrected chi connectivity index (χ0v) is 16.0. The predicted octanol–water partition coefficient (Wildman–Crippen LogP) is 4.98. The van der Waals surface area contributed by atoms with Crippen LogP contribution in [0.4, 0.5) is 8.78 Å². The third kappa shape index (κ3) is 4.86. The second kappa shape index (κ2) is 8.53. The molecule has 5 nitrogen and oxygen atoms in total. The summed E-state index contributed by atoms with van der Waals surface area (Å²) in [5.41, 5.74) is 4.11. The Morgan fingerprint density at radius 3 is 2.45 bits per heavy atom. The highest BCUT2D eigenvalue weighted by Crippen LogP contribution is 2.27. The predicted molar refractivity (Wildman–Crippen MR) is 106 cm³/mol. The van der Waals surface area contributed by atoms with Gasteiger partial charge in [-0.3, -0.25) is 5.10 Å². The minimum Gasteiger partial charge on any atom is -0.433 e. The van der Waals surface area contributed by atoms with Gasteiger partial charge in [0.25, 0.3) is 0 Å². The molecular formula is C21H17ClF2N4O.